The molecule has 2 atom stereocenters. The van der Waals surface area contributed by atoms with Gasteiger partial charge in [0.15, 0.2) is 0 Å². The van der Waals surface area contributed by atoms with Crippen molar-refractivity contribution in [3.8, 4) is 6.07 Å². The molecule has 0 saturated carbocycles. The molecule has 2 aliphatic rings. The summed E-state index contributed by atoms with van der Waals surface area (Å²) in [5.74, 6) is 1.25. The van der Waals surface area contributed by atoms with Gasteiger partial charge in [0.1, 0.15) is 17.4 Å². The molecule has 2 N–H and O–H groups in total. The van der Waals surface area contributed by atoms with Crippen LogP contribution in [0.15, 0.2) is 85.8 Å². The van der Waals surface area contributed by atoms with Gasteiger partial charge in [0.05, 0.1) is 5.92 Å². The maximum atomic E-state index is 9.85. The van der Waals surface area contributed by atoms with Crippen molar-refractivity contribution >= 4 is 37.9 Å². The monoisotopic (exact) mass is 510 g/mol. The minimum Gasteiger partial charge on any atom is -0.440 e. The first-order chi connectivity index (χ1) is 14.0. The predicted molar refractivity (Wildman–Crippen MR) is 122 cm³/mol. The molecule has 1 heterocycles. The molecule has 0 unspecified atom stereocenters. The van der Waals surface area contributed by atoms with Gasteiger partial charge in [-0.3, -0.25) is 0 Å². The first-order valence-electron chi connectivity index (χ1n) is 9.50. The van der Waals surface area contributed by atoms with Crippen molar-refractivity contribution in [3.63, 3.8) is 0 Å². The van der Waals surface area contributed by atoms with Gasteiger partial charge in [-0.25, -0.2) is 0 Å². The van der Waals surface area contributed by atoms with Crippen molar-refractivity contribution in [1.29, 1.82) is 5.26 Å². The summed E-state index contributed by atoms with van der Waals surface area (Å²) in [4.78, 5) is 0. The van der Waals surface area contributed by atoms with Crippen LogP contribution in [0.1, 0.15) is 36.8 Å². The standard InChI is InChI=1S/C24H20Br2N2O/c1-14-10-16(12-15-6-2-4-8-20(15)25)23-18(11-14)22(19(13-27)24(28)29-23)17-7-3-5-9-21(17)26/h2-9,12,14,22H,10-11,28H2,1H3/b16-12+/t14-,22+/m1/s1. The number of allylic oxidation sites excluding steroid dienone is 3. The molecule has 146 valence electrons. The van der Waals surface area contributed by atoms with Crippen LogP contribution in [0.5, 0.6) is 0 Å². The Hall–Kier alpha value is -2.29. The molecular weight excluding hydrogens is 492 g/mol. The van der Waals surface area contributed by atoms with E-state index in [4.69, 9.17) is 10.5 Å². The summed E-state index contributed by atoms with van der Waals surface area (Å²) in [6.07, 6.45) is 3.93. The maximum absolute atomic E-state index is 9.85. The molecule has 0 fully saturated rings. The second-order valence-corrected chi connectivity index (χ2v) is 9.21. The molecule has 1 aliphatic heterocycles. The highest BCUT2D eigenvalue weighted by Crippen LogP contribution is 2.49. The lowest BCUT2D eigenvalue weighted by Crippen LogP contribution is -2.26. The molecule has 3 nitrogen and oxygen atoms in total. The Morgan fingerprint density at radius 3 is 2.45 bits per heavy atom. The van der Waals surface area contributed by atoms with Gasteiger partial charge in [0, 0.05) is 8.95 Å². The number of nitrogens with zero attached hydrogens (tertiary/aromatic N) is 1. The molecule has 5 heteroatoms. The number of benzene rings is 2. The minimum atomic E-state index is -0.204. The maximum Gasteiger partial charge on any atom is 0.205 e. The van der Waals surface area contributed by atoms with Crippen LogP contribution < -0.4 is 5.73 Å². The van der Waals surface area contributed by atoms with E-state index in [0.29, 0.717) is 11.5 Å². The van der Waals surface area contributed by atoms with E-state index in [9.17, 15) is 5.26 Å². The van der Waals surface area contributed by atoms with E-state index in [-0.39, 0.29) is 11.8 Å². The van der Waals surface area contributed by atoms with E-state index in [1.165, 1.54) is 0 Å². The quantitative estimate of drug-likeness (QED) is 0.483. The molecule has 0 radical (unpaired) electrons. The number of nitriles is 1. The highest BCUT2D eigenvalue weighted by atomic mass is 79.9. The number of hydrogen-bond donors (Lipinski definition) is 1. The summed E-state index contributed by atoms with van der Waals surface area (Å²) in [6, 6.07) is 18.4. The Kier molecular flexibility index (Phi) is 5.67. The number of nitrogens with two attached hydrogens (primary N) is 1. The average molecular weight is 512 g/mol. The van der Waals surface area contributed by atoms with Crippen molar-refractivity contribution in [3.05, 3.63) is 97.0 Å². The van der Waals surface area contributed by atoms with Crippen LogP contribution in [-0.4, -0.2) is 0 Å². The topological polar surface area (TPSA) is 59.0 Å². The second kappa shape index (κ2) is 8.22. The fourth-order valence-electron chi connectivity index (χ4n) is 4.15. The van der Waals surface area contributed by atoms with Crippen molar-refractivity contribution in [2.24, 2.45) is 11.7 Å². The highest BCUT2D eigenvalue weighted by molar-refractivity contribution is 9.10. The zero-order valence-corrected chi connectivity index (χ0v) is 19.1. The summed E-state index contributed by atoms with van der Waals surface area (Å²) < 4.78 is 8.08. The zero-order chi connectivity index (χ0) is 20.5. The van der Waals surface area contributed by atoms with Gasteiger partial charge in [0.25, 0.3) is 0 Å². The molecule has 29 heavy (non-hydrogen) atoms. The lowest BCUT2D eigenvalue weighted by molar-refractivity contribution is 0.268. The predicted octanol–water partition coefficient (Wildman–Crippen LogP) is 6.79. The third-order valence-corrected chi connectivity index (χ3v) is 6.85. The number of rotatable bonds is 2. The third-order valence-electron chi connectivity index (χ3n) is 5.41. The molecule has 0 amide bonds. The van der Waals surface area contributed by atoms with Gasteiger partial charge in [-0.2, -0.15) is 5.26 Å². The van der Waals surface area contributed by atoms with Crippen molar-refractivity contribution in [1.82, 2.24) is 0 Å². The fraction of sp³-hybridized carbons (Fsp3) is 0.208. The van der Waals surface area contributed by atoms with Crippen molar-refractivity contribution in [2.75, 3.05) is 0 Å². The van der Waals surface area contributed by atoms with Crippen LogP contribution in [0.4, 0.5) is 0 Å². The van der Waals surface area contributed by atoms with Crippen molar-refractivity contribution < 1.29 is 4.74 Å². The van der Waals surface area contributed by atoms with E-state index in [0.717, 1.165) is 49.8 Å². The van der Waals surface area contributed by atoms with E-state index in [1.807, 2.05) is 42.5 Å². The molecule has 0 aromatic heterocycles. The van der Waals surface area contributed by atoms with Gasteiger partial charge >= 0.3 is 0 Å². The smallest absolute Gasteiger partial charge is 0.205 e. The van der Waals surface area contributed by atoms with Gasteiger partial charge in [-0.1, -0.05) is 75.2 Å². The van der Waals surface area contributed by atoms with Gasteiger partial charge in [0.2, 0.25) is 5.88 Å². The zero-order valence-electron chi connectivity index (χ0n) is 16.0. The molecular formula is C24H20Br2N2O. The summed E-state index contributed by atoms with van der Waals surface area (Å²) in [5, 5.41) is 9.85. The van der Waals surface area contributed by atoms with Crippen LogP contribution in [0, 0.1) is 17.2 Å². The lowest BCUT2D eigenvalue weighted by Gasteiger charge is -2.36. The summed E-state index contributed by atoms with van der Waals surface area (Å²) in [5.41, 5.74) is 11.1. The molecule has 0 saturated heterocycles. The van der Waals surface area contributed by atoms with Gasteiger partial charge < -0.3 is 10.5 Å². The van der Waals surface area contributed by atoms with Crippen LogP contribution in [0.25, 0.3) is 6.08 Å². The number of ether oxygens (including phenoxy) is 1. The Morgan fingerprint density at radius 2 is 1.76 bits per heavy atom. The summed E-state index contributed by atoms with van der Waals surface area (Å²) in [6.45, 7) is 2.24. The van der Waals surface area contributed by atoms with E-state index in [1.54, 1.807) is 0 Å². The van der Waals surface area contributed by atoms with E-state index >= 15 is 0 Å². The van der Waals surface area contributed by atoms with E-state index in [2.05, 4.69) is 57.0 Å². The SMILES string of the molecule is C[C@H]1CC2=C(OC(N)=C(C#N)[C@H]2c2ccccc2Br)/C(=C/c2ccccc2Br)C1. The van der Waals surface area contributed by atoms with E-state index < -0.39 is 0 Å². The first-order valence-corrected chi connectivity index (χ1v) is 11.1. The van der Waals surface area contributed by atoms with Crippen LogP contribution in [0.2, 0.25) is 0 Å². The van der Waals surface area contributed by atoms with Crippen LogP contribution >= 0.6 is 31.9 Å². The molecule has 1 aliphatic carbocycles. The van der Waals surface area contributed by atoms with Crippen molar-refractivity contribution in [2.45, 2.75) is 25.7 Å². The molecule has 0 spiro atoms. The van der Waals surface area contributed by atoms with Gasteiger partial charge in [-0.15, -0.1) is 0 Å². The highest BCUT2D eigenvalue weighted by Gasteiger charge is 2.38. The number of hydrogen-bond acceptors (Lipinski definition) is 3. The minimum absolute atomic E-state index is 0.194. The third kappa shape index (κ3) is 3.80. The largest absolute Gasteiger partial charge is 0.440 e. The Morgan fingerprint density at radius 1 is 1.07 bits per heavy atom. The molecule has 4 rings (SSSR count). The molecule has 2 aromatic carbocycles. The Bertz CT molecular complexity index is 1110. The Balaban J connectivity index is 1.91. The summed E-state index contributed by atoms with van der Waals surface area (Å²) in [7, 11) is 0. The lowest BCUT2D eigenvalue weighted by atomic mass is 9.74. The molecule has 2 aromatic rings. The molecule has 0 bridgehead atoms. The normalized spacial score (nSPS) is 22.9. The van der Waals surface area contributed by atoms with Crippen LogP contribution in [-0.2, 0) is 4.74 Å². The number of halogens is 2. The first kappa shape index (κ1) is 20.0. The fourth-order valence-corrected chi connectivity index (χ4v) is 5.07. The van der Waals surface area contributed by atoms with Crippen LogP contribution in [0.3, 0.4) is 0 Å². The second-order valence-electron chi connectivity index (χ2n) is 7.51. The average Bonchev–Trinajstić information content (AvgIpc) is 2.70. The van der Waals surface area contributed by atoms with Gasteiger partial charge in [-0.05, 0) is 59.2 Å². The Labute approximate surface area is 187 Å². The summed E-state index contributed by atoms with van der Waals surface area (Å²) >= 11 is 7.29.